The van der Waals surface area contributed by atoms with Crippen molar-refractivity contribution in [2.75, 3.05) is 5.32 Å². The summed E-state index contributed by atoms with van der Waals surface area (Å²) in [6.07, 6.45) is 3.10. The highest BCUT2D eigenvalue weighted by atomic mass is 16.6. The largest absolute Gasteiger partial charge is 0.321 e. The molecule has 0 bridgehead atoms. The van der Waals surface area contributed by atoms with Gasteiger partial charge in [-0.1, -0.05) is 6.07 Å². The number of benzene rings is 1. The van der Waals surface area contributed by atoms with Crippen LogP contribution in [0.4, 0.5) is 11.4 Å². The Morgan fingerprint density at radius 2 is 2.11 bits per heavy atom. The highest BCUT2D eigenvalue weighted by Gasteiger charge is 2.17. The van der Waals surface area contributed by atoms with E-state index in [1.807, 2.05) is 0 Å². The third-order valence-corrected chi connectivity index (χ3v) is 2.67. The van der Waals surface area contributed by atoms with Crippen molar-refractivity contribution in [1.29, 1.82) is 0 Å². The first-order valence-corrected chi connectivity index (χ1v) is 5.55. The first-order valence-electron chi connectivity index (χ1n) is 5.55. The molecule has 6 nitrogen and oxygen atoms in total. The summed E-state index contributed by atoms with van der Waals surface area (Å²) in [5.74, 6) is -0.394. The molecule has 1 aromatic carbocycles. The zero-order valence-electron chi connectivity index (χ0n) is 10.2. The number of anilines is 1. The van der Waals surface area contributed by atoms with Crippen molar-refractivity contribution in [2.45, 2.75) is 6.92 Å². The Morgan fingerprint density at radius 3 is 2.74 bits per heavy atom. The second kappa shape index (κ2) is 5.26. The summed E-state index contributed by atoms with van der Waals surface area (Å²) in [7, 11) is 0. The summed E-state index contributed by atoms with van der Waals surface area (Å²) >= 11 is 0. The summed E-state index contributed by atoms with van der Waals surface area (Å²) in [4.78, 5) is 26.2. The minimum atomic E-state index is -0.504. The maximum Gasteiger partial charge on any atom is 0.273 e. The highest BCUT2D eigenvalue weighted by molar-refractivity contribution is 6.05. The molecule has 0 spiro atoms. The predicted octanol–water partition coefficient (Wildman–Crippen LogP) is 2.55. The molecule has 0 aliphatic carbocycles. The van der Waals surface area contributed by atoms with Gasteiger partial charge in [-0.3, -0.25) is 19.9 Å². The molecule has 1 amide bonds. The Kier molecular flexibility index (Phi) is 3.51. The molecule has 1 aromatic heterocycles. The van der Waals surface area contributed by atoms with E-state index in [-0.39, 0.29) is 11.3 Å². The van der Waals surface area contributed by atoms with Crippen LogP contribution >= 0.6 is 0 Å². The smallest absolute Gasteiger partial charge is 0.273 e. The highest BCUT2D eigenvalue weighted by Crippen LogP contribution is 2.21. The van der Waals surface area contributed by atoms with Gasteiger partial charge >= 0.3 is 0 Å². The number of nitro benzene ring substituents is 1. The SMILES string of the molecule is Cc1c(C(=O)Nc2cccnc2)cccc1[N+](=O)[O-]. The van der Waals surface area contributed by atoms with Crippen LogP contribution in [0.2, 0.25) is 0 Å². The van der Waals surface area contributed by atoms with Crippen LogP contribution in [-0.2, 0) is 0 Å². The number of carbonyl (C=O) groups excluding carboxylic acids is 1. The van der Waals surface area contributed by atoms with Crippen molar-refractivity contribution in [3.63, 3.8) is 0 Å². The second-order valence-corrected chi connectivity index (χ2v) is 3.90. The van der Waals surface area contributed by atoms with Crippen LogP contribution in [0.1, 0.15) is 15.9 Å². The van der Waals surface area contributed by atoms with Gasteiger partial charge in [0.05, 0.1) is 16.8 Å². The van der Waals surface area contributed by atoms with E-state index in [0.717, 1.165) is 0 Å². The van der Waals surface area contributed by atoms with Gasteiger partial charge in [0, 0.05) is 23.4 Å². The quantitative estimate of drug-likeness (QED) is 0.676. The molecule has 0 saturated heterocycles. The van der Waals surface area contributed by atoms with Crippen molar-refractivity contribution in [3.8, 4) is 0 Å². The Hall–Kier alpha value is -2.76. The normalized spacial score (nSPS) is 9.95. The maximum atomic E-state index is 12.0. The van der Waals surface area contributed by atoms with Crippen LogP contribution in [0.5, 0.6) is 0 Å². The van der Waals surface area contributed by atoms with Crippen molar-refractivity contribution >= 4 is 17.3 Å². The second-order valence-electron chi connectivity index (χ2n) is 3.90. The molecule has 0 radical (unpaired) electrons. The van der Waals surface area contributed by atoms with E-state index in [0.29, 0.717) is 11.3 Å². The first-order chi connectivity index (χ1) is 9.09. The van der Waals surface area contributed by atoms with Crippen molar-refractivity contribution in [3.05, 3.63) is 64.0 Å². The molecule has 96 valence electrons. The third kappa shape index (κ3) is 2.74. The van der Waals surface area contributed by atoms with Crippen LogP contribution in [0.3, 0.4) is 0 Å². The fourth-order valence-electron chi connectivity index (χ4n) is 1.70. The Bertz CT molecular complexity index is 626. The van der Waals surface area contributed by atoms with Crippen molar-refractivity contribution in [1.82, 2.24) is 4.98 Å². The number of pyridine rings is 1. The van der Waals surface area contributed by atoms with Gasteiger partial charge in [-0.25, -0.2) is 0 Å². The Balaban J connectivity index is 2.30. The lowest BCUT2D eigenvalue weighted by molar-refractivity contribution is -0.385. The van der Waals surface area contributed by atoms with Gasteiger partial charge in [-0.2, -0.15) is 0 Å². The minimum Gasteiger partial charge on any atom is -0.321 e. The standard InChI is InChI=1S/C13H11N3O3/c1-9-11(5-2-6-12(9)16(18)19)13(17)15-10-4-3-7-14-8-10/h2-8H,1H3,(H,15,17). The van der Waals surface area contributed by atoms with Crippen molar-refractivity contribution in [2.24, 2.45) is 0 Å². The zero-order chi connectivity index (χ0) is 13.8. The van der Waals surface area contributed by atoms with Crippen molar-refractivity contribution < 1.29 is 9.72 Å². The molecule has 0 fully saturated rings. The first kappa shape index (κ1) is 12.7. The van der Waals surface area contributed by atoms with Crippen LogP contribution < -0.4 is 5.32 Å². The van der Waals surface area contributed by atoms with E-state index in [9.17, 15) is 14.9 Å². The maximum absolute atomic E-state index is 12.0. The third-order valence-electron chi connectivity index (χ3n) is 2.67. The summed E-state index contributed by atoms with van der Waals surface area (Å²) in [5.41, 5.74) is 1.09. The van der Waals surface area contributed by atoms with Crippen LogP contribution in [-0.4, -0.2) is 15.8 Å². The number of carbonyl (C=O) groups is 1. The summed E-state index contributed by atoms with van der Waals surface area (Å²) in [6.45, 7) is 1.55. The number of nitro groups is 1. The lowest BCUT2D eigenvalue weighted by atomic mass is 10.1. The topological polar surface area (TPSA) is 85.1 Å². The average Bonchev–Trinajstić information content (AvgIpc) is 2.39. The number of rotatable bonds is 3. The van der Waals surface area contributed by atoms with Gasteiger partial charge in [0.2, 0.25) is 0 Å². The molecule has 0 unspecified atom stereocenters. The van der Waals surface area contributed by atoms with Crippen LogP contribution in [0.25, 0.3) is 0 Å². The molecule has 2 aromatic rings. The summed E-state index contributed by atoms with van der Waals surface area (Å²) < 4.78 is 0. The molecule has 0 saturated carbocycles. The molecule has 2 rings (SSSR count). The minimum absolute atomic E-state index is 0.0705. The average molecular weight is 257 g/mol. The van der Waals surface area contributed by atoms with E-state index < -0.39 is 10.8 Å². The van der Waals surface area contributed by atoms with Crippen LogP contribution in [0.15, 0.2) is 42.7 Å². The van der Waals surface area contributed by atoms with Gasteiger partial charge in [0.15, 0.2) is 0 Å². The Morgan fingerprint density at radius 1 is 1.32 bits per heavy atom. The summed E-state index contributed by atoms with van der Waals surface area (Å²) in [6, 6.07) is 7.79. The Labute approximate surface area is 109 Å². The molecule has 6 heteroatoms. The lowest BCUT2D eigenvalue weighted by Gasteiger charge is -2.07. The monoisotopic (exact) mass is 257 g/mol. The number of nitrogens with one attached hydrogen (secondary N) is 1. The molecule has 0 aliphatic rings. The predicted molar refractivity (Wildman–Crippen MR) is 70.0 cm³/mol. The number of aromatic nitrogens is 1. The fourth-order valence-corrected chi connectivity index (χ4v) is 1.70. The molecule has 1 heterocycles. The number of amides is 1. The molecule has 1 N–H and O–H groups in total. The molecule has 0 aliphatic heterocycles. The van der Waals surface area contributed by atoms with E-state index in [1.54, 1.807) is 31.3 Å². The van der Waals surface area contributed by atoms with Gasteiger partial charge in [-0.05, 0) is 25.1 Å². The number of hydrogen-bond acceptors (Lipinski definition) is 4. The van der Waals surface area contributed by atoms with Gasteiger partial charge in [0.25, 0.3) is 11.6 Å². The molecule has 19 heavy (non-hydrogen) atoms. The number of hydrogen-bond donors (Lipinski definition) is 1. The zero-order valence-corrected chi connectivity index (χ0v) is 10.2. The van der Waals surface area contributed by atoms with E-state index >= 15 is 0 Å². The van der Waals surface area contributed by atoms with Gasteiger partial charge < -0.3 is 5.32 Å². The molecular weight excluding hydrogens is 246 g/mol. The van der Waals surface area contributed by atoms with E-state index in [2.05, 4.69) is 10.3 Å². The molecular formula is C13H11N3O3. The number of nitrogens with zero attached hydrogens (tertiary/aromatic N) is 2. The fraction of sp³-hybridized carbons (Fsp3) is 0.0769. The van der Waals surface area contributed by atoms with Gasteiger partial charge in [-0.15, -0.1) is 0 Å². The van der Waals surface area contributed by atoms with E-state index in [4.69, 9.17) is 0 Å². The molecule has 0 atom stereocenters. The lowest BCUT2D eigenvalue weighted by Crippen LogP contribution is -2.14. The summed E-state index contributed by atoms with van der Waals surface area (Å²) in [5, 5.41) is 13.5. The van der Waals surface area contributed by atoms with Crippen LogP contribution in [0, 0.1) is 17.0 Å². The van der Waals surface area contributed by atoms with E-state index in [1.165, 1.54) is 18.3 Å². The van der Waals surface area contributed by atoms with Gasteiger partial charge in [0.1, 0.15) is 0 Å².